The molecule has 2 heteroatoms. The van der Waals surface area contributed by atoms with Crippen molar-refractivity contribution in [3.05, 3.63) is 182 Å². The lowest BCUT2D eigenvalue weighted by molar-refractivity contribution is 0.668. The van der Waals surface area contributed by atoms with Crippen LogP contribution >= 0.6 is 0 Å². The Morgan fingerprint density at radius 3 is 1.46 bits per heavy atom. The van der Waals surface area contributed by atoms with Crippen molar-refractivity contribution in [2.45, 2.75) is 0 Å². The van der Waals surface area contributed by atoms with E-state index in [2.05, 4.69) is 170 Å². The van der Waals surface area contributed by atoms with Gasteiger partial charge in [-0.2, -0.15) is 0 Å². The van der Waals surface area contributed by atoms with Crippen LogP contribution in [0, 0.1) is 0 Å². The Morgan fingerprint density at radius 1 is 0.241 bits per heavy atom. The minimum atomic E-state index is 0.871. The van der Waals surface area contributed by atoms with E-state index in [0.29, 0.717) is 0 Å². The molecule has 0 bridgehead atoms. The van der Waals surface area contributed by atoms with Crippen LogP contribution in [0.15, 0.2) is 191 Å². The molecule has 0 atom stereocenters. The van der Waals surface area contributed by atoms with Gasteiger partial charge in [0.25, 0.3) is 0 Å². The highest BCUT2D eigenvalue weighted by atomic mass is 16.3. The van der Waals surface area contributed by atoms with Crippen LogP contribution in [0.5, 0.6) is 0 Å². The number of fused-ring (bicyclic) bond motifs is 11. The summed E-state index contributed by atoms with van der Waals surface area (Å²) in [4.78, 5) is 0. The minimum absolute atomic E-state index is 0.871. The maximum atomic E-state index is 6.91. The summed E-state index contributed by atoms with van der Waals surface area (Å²) in [7, 11) is 0. The van der Waals surface area contributed by atoms with Crippen molar-refractivity contribution in [3.63, 3.8) is 0 Å². The number of benzene rings is 10. The van der Waals surface area contributed by atoms with Gasteiger partial charge in [0.05, 0.1) is 0 Å². The van der Waals surface area contributed by atoms with E-state index in [0.717, 1.165) is 60.6 Å². The zero-order valence-electron chi connectivity index (χ0n) is 29.1. The van der Waals surface area contributed by atoms with Crippen LogP contribution in [0.2, 0.25) is 0 Å². The average molecular weight is 687 g/mol. The molecule has 0 saturated carbocycles. The lowest BCUT2D eigenvalue weighted by atomic mass is 9.83. The van der Waals surface area contributed by atoms with Crippen LogP contribution in [-0.4, -0.2) is 0 Å². The number of hydrogen-bond acceptors (Lipinski definition) is 2. The van der Waals surface area contributed by atoms with E-state index >= 15 is 0 Å². The Labute approximate surface area is 310 Å². The van der Waals surface area contributed by atoms with Crippen molar-refractivity contribution in [1.82, 2.24) is 0 Å². The van der Waals surface area contributed by atoms with Crippen LogP contribution in [0.4, 0.5) is 0 Å². The van der Waals surface area contributed by atoms with Gasteiger partial charge in [0.1, 0.15) is 22.3 Å². The normalized spacial score (nSPS) is 12.1. The molecule has 0 N–H and O–H groups in total. The summed E-state index contributed by atoms with van der Waals surface area (Å²) in [5.41, 5.74) is 10.5. The number of rotatable bonds is 3. The molecule has 0 amide bonds. The number of para-hydroxylation sites is 2. The summed E-state index contributed by atoms with van der Waals surface area (Å²) in [5, 5.41) is 14.4. The fourth-order valence-electron chi connectivity index (χ4n) is 9.21. The van der Waals surface area contributed by atoms with Gasteiger partial charge in [0.2, 0.25) is 0 Å². The first-order valence-corrected chi connectivity index (χ1v) is 18.5. The predicted octanol–water partition coefficient (Wildman–Crippen LogP) is 15.1. The van der Waals surface area contributed by atoms with Crippen molar-refractivity contribution in [2.24, 2.45) is 0 Å². The maximum absolute atomic E-state index is 6.91. The highest BCUT2D eigenvalue weighted by Gasteiger charge is 2.24. The van der Waals surface area contributed by atoms with Gasteiger partial charge in [-0.15, -0.1) is 0 Å². The van der Waals surface area contributed by atoms with Crippen LogP contribution in [0.3, 0.4) is 0 Å². The molecule has 0 aliphatic carbocycles. The van der Waals surface area contributed by atoms with Crippen molar-refractivity contribution < 1.29 is 8.83 Å². The summed E-state index contributed by atoms with van der Waals surface area (Å²) < 4.78 is 13.2. The second-order valence-corrected chi connectivity index (χ2v) is 14.3. The summed E-state index contributed by atoms with van der Waals surface area (Å²) >= 11 is 0. The molecule has 0 saturated heterocycles. The van der Waals surface area contributed by atoms with Crippen LogP contribution in [-0.2, 0) is 0 Å². The van der Waals surface area contributed by atoms with E-state index in [1.807, 2.05) is 12.1 Å². The molecule has 250 valence electrons. The van der Waals surface area contributed by atoms with Crippen molar-refractivity contribution in [1.29, 1.82) is 0 Å². The predicted molar refractivity (Wildman–Crippen MR) is 227 cm³/mol. The first-order valence-electron chi connectivity index (χ1n) is 18.5. The Kier molecular flexibility index (Phi) is 6.09. The van der Waals surface area contributed by atoms with Crippen molar-refractivity contribution >= 4 is 87.0 Å². The lowest BCUT2D eigenvalue weighted by Gasteiger charge is -2.20. The lowest BCUT2D eigenvalue weighted by Crippen LogP contribution is -1.93. The summed E-state index contributed by atoms with van der Waals surface area (Å²) in [6.45, 7) is 0. The fraction of sp³-hybridized carbons (Fsp3) is 0. The fourth-order valence-corrected chi connectivity index (χ4v) is 9.21. The van der Waals surface area contributed by atoms with Gasteiger partial charge in [-0.1, -0.05) is 158 Å². The number of furan rings is 2. The Hall–Kier alpha value is -7.16. The van der Waals surface area contributed by atoms with Gasteiger partial charge in [-0.05, 0) is 95.2 Å². The van der Waals surface area contributed by atoms with Crippen molar-refractivity contribution in [3.8, 4) is 33.4 Å². The summed E-state index contributed by atoms with van der Waals surface area (Å²) in [5.74, 6) is 0. The smallest absolute Gasteiger partial charge is 0.143 e. The monoisotopic (exact) mass is 686 g/mol. The molecule has 54 heavy (non-hydrogen) atoms. The zero-order chi connectivity index (χ0) is 35.3. The molecular formula is C52H30O2. The highest BCUT2D eigenvalue weighted by Crippen LogP contribution is 2.50. The molecule has 0 aliphatic heterocycles. The molecule has 12 rings (SSSR count). The van der Waals surface area contributed by atoms with Crippen LogP contribution in [0.1, 0.15) is 0 Å². The van der Waals surface area contributed by atoms with E-state index in [4.69, 9.17) is 8.83 Å². The van der Waals surface area contributed by atoms with E-state index in [1.54, 1.807) is 0 Å². The molecule has 0 spiro atoms. The molecule has 2 nitrogen and oxygen atoms in total. The molecular weight excluding hydrogens is 657 g/mol. The summed E-state index contributed by atoms with van der Waals surface area (Å²) in [6.07, 6.45) is 0. The molecule has 12 aromatic rings. The van der Waals surface area contributed by atoms with Gasteiger partial charge in [0, 0.05) is 27.1 Å². The van der Waals surface area contributed by atoms with Gasteiger partial charge in [0.15, 0.2) is 0 Å². The largest absolute Gasteiger partial charge is 0.456 e. The Morgan fingerprint density at radius 2 is 0.741 bits per heavy atom. The van der Waals surface area contributed by atoms with Crippen LogP contribution < -0.4 is 0 Å². The first-order chi connectivity index (χ1) is 26.8. The first kappa shape index (κ1) is 29.4. The topological polar surface area (TPSA) is 26.3 Å². The van der Waals surface area contributed by atoms with Gasteiger partial charge >= 0.3 is 0 Å². The highest BCUT2D eigenvalue weighted by molar-refractivity contribution is 6.29. The van der Waals surface area contributed by atoms with E-state index in [-0.39, 0.29) is 0 Å². The quantitative estimate of drug-likeness (QED) is 0.137. The van der Waals surface area contributed by atoms with Gasteiger partial charge < -0.3 is 8.83 Å². The molecule has 0 fully saturated rings. The third kappa shape index (κ3) is 4.05. The van der Waals surface area contributed by atoms with E-state index in [1.165, 1.54) is 59.8 Å². The van der Waals surface area contributed by atoms with Gasteiger partial charge in [-0.3, -0.25) is 0 Å². The average Bonchev–Trinajstić information content (AvgIpc) is 3.82. The van der Waals surface area contributed by atoms with Gasteiger partial charge in [-0.25, -0.2) is 0 Å². The van der Waals surface area contributed by atoms with Crippen LogP contribution in [0.25, 0.3) is 120 Å². The Balaban J connectivity index is 1.20. The SMILES string of the molecule is c1ccc2c(c1)ccc1c(-c3c4ccccc4c(-c4ccc(-c5cccc6oc7ccccc7c56)c5oc6ccccc6c45)c4ccccc34)cccc12. The molecule has 0 unspecified atom stereocenters. The van der Waals surface area contributed by atoms with E-state index < -0.39 is 0 Å². The Bertz CT molecular complexity index is 3450. The molecule has 2 heterocycles. The zero-order valence-corrected chi connectivity index (χ0v) is 29.1. The number of hydrogen-bond donors (Lipinski definition) is 0. The molecule has 2 aromatic heterocycles. The second-order valence-electron chi connectivity index (χ2n) is 14.3. The second kappa shape index (κ2) is 11.2. The van der Waals surface area contributed by atoms with Crippen molar-refractivity contribution in [2.75, 3.05) is 0 Å². The third-order valence-corrected chi connectivity index (χ3v) is 11.5. The molecule has 10 aromatic carbocycles. The summed E-state index contributed by atoms with van der Waals surface area (Å²) in [6, 6.07) is 65.5. The standard InChI is InChI=1S/C52H30O2/c1-2-14-32-31(13-1)27-28-34-33(32)21-11-22-35(34)48-36-15-3-5-17-38(36)49(39-18-6-4-16-37(39)48)44-30-29-41(52-51(44)43-20-8-10-25-46(43)54-52)40-23-12-26-47-50(40)42-19-7-9-24-45(42)53-47/h1-30H. The van der Waals surface area contributed by atoms with E-state index in [9.17, 15) is 0 Å². The minimum Gasteiger partial charge on any atom is -0.456 e. The molecule has 0 radical (unpaired) electrons. The third-order valence-electron chi connectivity index (χ3n) is 11.5. The molecule has 0 aliphatic rings. The maximum Gasteiger partial charge on any atom is 0.143 e.